The van der Waals surface area contributed by atoms with Crippen LogP contribution in [0.15, 0.2) is 72.8 Å². The van der Waals surface area contributed by atoms with Crippen molar-refractivity contribution in [2.24, 2.45) is 11.5 Å². The molecule has 0 aliphatic heterocycles. The SMILES string of the molecule is NCC=CC(N)(Cc1ccccc1)Cc1ccccc1. The molecule has 0 aliphatic carbocycles. The molecule has 0 saturated carbocycles. The van der Waals surface area contributed by atoms with Gasteiger partial charge in [-0.25, -0.2) is 0 Å². The molecule has 2 nitrogen and oxygen atoms in total. The summed E-state index contributed by atoms with van der Waals surface area (Å²) in [7, 11) is 0. The zero-order chi connectivity index (χ0) is 14.3. The van der Waals surface area contributed by atoms with E-state index in [1.807, 2.05) is 48.6 Å². The third-order valence-corrected chi connectivity index (χ3v) is 3.34. The lowest BCUT2D eigenvalue weighted by molar-refractivity contribution is 0.521. The number of hydrogen-bond acceptors (Lipinski definition) is 2. The molecule has 0 radical (unpaired) electrons. The number of hydrogen-bond donors (Lipinski definition) is 2. The predicted octanol–water partition coefficient (Wildman–Crippen LogP) is 2.68. The highest BCUT2D eigenvalue weighted by atomic mass is 14.7. The molecule has 2 aromatic rings. The molecule has 2 heteroatoms. The third kappa shape index (κ3) is 4.34. The van der Waals surface area contributed by atoms with E-state index in [4.69, 9.17) is 11.5 Å². The molecule has 0 saturated heterocycles. The van der Waals surface area contributed by atoms with Crippen LogP contribution in [0.25, 0.3) is 0 Å². The van der Waals surface area contributed by atoms with Crippen molar-refractivity contribution in [1.29, 1.82) is 0 Å². The average Bonchev–Trinajstić information content (AvgIpc) is 2.47. The highest BCUT2D eigenvalue weighted by Crippen LogP contribution is 2.18. The van der Waals surface area contributed by atoms with Crippen molar-refractivity contribution in [2.75, 3.05) is 6.54 Å². The molecule has 0 spiro atoms. The van der Waals surface area contributed by atoms with E-state index in [-0.39, 0.29) is 0 Å². The topological polar surface area (TPSA) is 52.0 Å². The van der Waals surface area contributed by atoms with Gasteiger partial charge in [-0.3, -0.25) is 0 Å². The average molecular weight is 266 g/mol. The molecule has 0 amide bonds. The Balaban J connectivity index is 2.19. The van der Waals surface area contributed by atoms with E-state index in [1.54, 1.807) is 0 Å². The van der Waals surface area contributed by atoms with Crippen molar-refractivity contribution in [2.45, 2.75) is 18.4 Å². The summed E-state index contributed by atoms with van der Waals surface area (Å²) in [6, 6.07) is 20.7. The van der Waals surface area contributed by atoms with Crippen LogP contribution in [-0.4, -0.2) is 12.1 Å². The first-order valence-electron chi connectivity index (χ1n) is 6.96. The van der Waals surface area contributed by atoms with Gasteiger partial charge in [-0.15, -0.1) is 0 Å². The van der Waals surface area contributed by atoms with Gasteiger partial charge in [-0.05, 0) is 24.0 Å². The molecule has 4 N–H and O–H groups in total. The Hall–Kier alpha value is -1.90. The highest BCUT2D eigenvalue weighted by molar-refractivity contribution is 5.26. The van der Waals surface area contributed by atoms with Crippen LogP contribution in [0.2, 0.25) is 0 Å². The van der Waals surface area contributed by atoms with Gasteiger partial charge in [0.1, 0.15) is 0 Å². The lowest BCUT2D eigenvalue weighted by Gasteiger charge is -2.26. The Morgan fingerprint density at radius 2 is 1.25 bits per heavy atom. The van der Waals surface area contributed by atoms with Crippen LogP contribution in [0.3, 0.4) is 0 Å². The Bertz CT molecular complexity index is 490. The number of benzene rings is 2. The van der Waals surface area contributed by atoms with Gasteiger partial charge in [0.2, 0.25) is 0 Å². The second-order valence-electron chi connectivity index (χ2n) is 5.20. The zero-order valence-electron chi connectivity index (χ0n) is 11.7. The third-order valence-electron chi connectivity index (χ3n) is 3.34. The Kier molecular flexibility index (Phi) is 5.10. The van der Waals surface area contributed by atoms with Crippen molar-refractivity contribution in [3.63, 3.8) is 0 Å². The quantitative estimate of drug-likeness (QED) is 0.790. The maximum Gasteiger partial charge on any atom is 0.0421 e. The van der Waals surface area contributed by atoms with E-state index in [0.717, 1.165) is 12.8 Å². The standard InChI is InChI=1S/C18H22N2/c19-13-7-12-18(20,14-16-8-3-1-4-9-16)15-17-10-5-2-6-11-17/h1-12H,13-15,19-20H2. The smallest absolute Gasteiger partial charge is 0.0421 e. The summed E-state index contributed by atoms with van der Waals surface area (Å²) in [5.74, 6) is 0. The second kappa shape index (κ2) is 7.04. The summed E-state index contributed by atoms with van der Waals surface area (Å²) in [5, 5.41) is 0. The van der Waals surface area contributed by atoms with Gasteiger partial charge in [0.25, 0.3) is 0 Å². The zero-order valence-corrected chi connectivity index (χ0v) is 11.7. The van der Waals surface area contributed by atoms with E-state index in [0.29, 0.717) is 6.54 Å². The minimum absolute atomic E-state index is 0.401. The predicted molar refractivity (Wildman–Crippen MR) is 85.4 cm³/mol. The lowest BCUT2D eigenvalue weighted by atomic mass is 9.85. The monoisotopic (exact) mass is 266 g/mol. The molecule has 2 aromatic carbocycles. The Morgan fingerprint density at radius 1 is 0.800 bits per heavy atom. The van der Waals surface area contributed by atoms with Gasteiger partial charge in [0, 0.05) is 12.1 Å². The van der Waals surface area contributed by atoms with E-state index in [2.05, 4.69) is 24.3 Å². The summed E-state index contributed by atoms with van der Waals surface area (Å²) in [4.78, 5) is 0. The first kappa shape index (κ1) is 14.5. The molecule has 0 heterocycles. The van der Waals surface area contributed by atoms with Gasteiger partial charge >= 0.3 is 0 Å². The molecule has 0 unspecified atom stereocenters. The summed E-state index contributed by atoms with van der Waals surface area (Å²) >= 11 is 0. The fourth-order valence-electron chi connectivity index (χ4n) is 2.43. The first-order valence-corrected chi connectivity index (χ1v) is 6.96. The summed E-state index contributed by atoms with van der Waals surface area (Å²) in [6.07, 6.45) is 5.61. The summed E-state index contributed by atoms with van der Waals surface area (Å²) < 4.78 is 0. The van der Waals surface area contributed by atoms with Crippen LogP contribution in [0.4, 0.5) is 0 Å². The normalized spacial score (nSPS) is 11.9. The molecule has 104 valence electrons. The van der Waals surface area contributed by atoms with Crippen LogP contribution >= 0.6 is 0 Å². The molecule has 2 rings (SSSR count). The van der Waals surface area contributed by atoms with Crippen LogP contribution < -0.4 is 11.5 Å². The van der Waals surface area contributed by atoms with Gasteiger partial charge in [-0.2, -0.15) is 0 Å². The van der Waals surface area contributed by atoms with E-state index < -0.39 is 5.54 Å². The maximum absolute atomic E-state index is 6.61. The number of rotatable bonds is 6. The van der Waals surface area contributed by atoms with E-state index in [1.165, 1.54) is 11.1 Å². The number of nitrogens with two attached hydrogens (primary N) is 2. The van der Waals surface area contributed by atoms with Crippen LogP contribution in [0.5, 0.6) is 0 Å². The van der Waals surface area contributed by atoms with Crippen LogP contribution in [0, 0.1) is 0 Å². The summed E-state index contributed by atoms with van der Waals surface area (Å²) in [6.45, 7) is 0.516. The molecular weight excluding hydrogens is 244 g/mol. The first-order chi connectivity index (χ1) is 9.72. The van der Waals surface area contributed by atoms with Gasteiger partial charge in [0.15, 0.2) is 0 Å². The second-order valence-corrected chi connectivity index (χ2v) is 5.20. The largest absolute Gasteiger partial charge is 0.327 e. The molecule has 0 bridgehead atoms. The van der Waals surface area contributed by atoms with Crippen LogP contribution in [-0.2, 0) is 12.8 Å². The van der Waals surface area contributed by atoms with Crippen molar-refractivity contribution in [1.82, 2.24) is 0 Å². The summed E-state index contributed by atoms with van der Waals surface area (Å²) in [5.41, 5.74) is 14.3. The minimum atomic E-state index is -0.401. The fraction of sp³-hybridized carbons (Fsp3) is 0.222. The highest BCUT2D eigenvalue weighted by Gasteiger charge is 2.22. The Morgan fingerprint density at radius 3 is 1.65 bits per heavy atom. The van der Waals surface area contributed by atoms with Gasteiger partial charge in [-0.1, -0.05) is 72.8 Å². The van der Waals surface area contributed by atoms with Crippen molar-refractivity contribution in [3.8, 4) is 0 Å². The molecule has 0 atom stereocenters. The molecular formula is C18H22N2. The van der Waals surface area contributed by atoms with Crippen molar-refractivity contribution >= 4 is 0 Å². The molecule has 20 heavy (non-hydrogen) atoms. The van der Waals surface area contributed by atoms with Crippen molar-refractivity contribution in [3.05, 3.63) is 83.9 Å². The molecule has 0 fully saturated rings. The minimum Gasteiger partial charge on any atom is -0.327 e. The molecule has 0 aliphatic rings. The van der Waals surface area contributed by atoms with E-state index in [9.17, 15) is 0 Å². The lowest BCUT2D eigenvalue weighted by Crippen LogP contribution is -2.42. The molecule has 0 aromatic heterocycles. The van der Waals surface area contributed by atoms with Crippen molar-refractivity contribution < 1.29 is 0 Å². The Labute approximate surface area is 121 Å². The fourth-order valence-corrected chi connectivity index (χ4v) is 2.43. The van der Waals surface area contributed by atoms with Gasteiger partial charge in [0.05, 0.1) is 0 Å². The van der Waals surface area contributed by atoms with Crippen LogP contribution in [0.1, 0.15) is 11.1 Å². The van der Waals surface area contributed by atoms with Gasteiger partial charge < -0.3 is 11.5 Å². The maximum atomic E-state index is 6.61. The van der Waals surface area contributed by atoms with E-state index >= 15 is 0 Å².